The molecule has 0 saturated carbocycles. The fourth-order valence-electron chi connectivity index (χ4n) is 3.59. The highest BCUT2D eigenvalue weighted by Gasteiger charge is 2.24. The summed E-state index contributed by atoms with van der Waals surface area (Å²) >= 11 is 0. The first-order valence-corrected chi connectivity index (χ1v) is 8.97. The van der Waals surface area contributed by atoms with Crippen molar-refractivity contribution >= 4 is 17.1 Å². The lowest BCUT2D eigenvalue weighted by atomic mass is 9.93. The summed E-state index contributed by atoms with van der Waals surface area (Å²) in [6, 6.07) is 0. The number of carbonyl (C=O) groups is 1. The fourth-order valence-corrected chi connectivity index (χ4v) is 3.59. The number of hydrogen-bond donors (Lipinski definition) is 1. The number of carbonyl (C=O) groups excluding carboxylic acids is 1. The van der Waals surface area contributed by atoms with E-state index in [1.165, 1.54) is 10.9 Å². The second-order valence-corrected chi connectivity index (χ2v) is 6.98. The first-order valence-electron chi connectivity index (χ1n) is 8.97. The number of amides is 1. The second kappa shape index (κ2) is 7.45. The lowest BCUT2D eigenvalue weighted by Gasteiger charge is -2.32. The minimum absolute atomic E-state index is 0.183. The Kier molecular flexibility index (Phi) is 5.26. The molecule has 0 bridgehead atoms. The average Bonchev–Trinajstić information content (AvgIpc) is 3.03. The van der Waals surface area contributed by atoms with E-state index in [0.717, 1.165) is 30.4 Å². The minimum atomic E-state index is -0.515. The number of piperidine rings is 1. The first kappa shape index (κ1) is 18.4. The summed E-state index contributed by atoms with van der Waals surface area (Å²) in [6.07, 6.45) is 4.52. The number of aromatic nitrogens is 4. The zero-order chi connectivity index (χ0) is 18.8. The molecule has 1 aliphatic rings. The molecule has 9 heteroatoms. The number of nitrogens with zero attached hydrogens (tertiary/aromatic N) is 5. The predicted octanol–water partition coefficient (Wildman–Crippen LogP) is -0.718. The van der Waals surface area contributed by atoms with Crippen molar-refractivity contribution in [3.8, 4) is 0 Å². The Labute approximate surface area is 151 Å². The molecule has 1 fully saturated rings. The number of likely N-dealkylation sites (tertiary alicyclic amines) is 1. The molecular weight excluding hydrogens is 336 g/mol. The van der Waals surface area contributed by atoms with Crippen molar-refractivity contribution < 1.29 is 4.79 Å². The summed E-state index contributed by atoms with van der Waals surface area (Å²) in [7, 11) is 5.20. The smallest absolute Gasteiger partial charge is 0.332 e. The van der Waals surface area contributed by atoms with Crippen LogP contribution in [0.15, 0.2) is 15.9 Å². The molecule has 2 aromatic rings. The maximum absolute atomic E-state index is 12.7. The van der Waals surface area contributed by atoms with Crippen LogP contribution in [0, 0.1) is 5.92 Å². The van der Waals surface area contributed by atoms with Gasteiger partial charge < -0.3 is 14.8 Å². The number of aryl methyl sites for hydroxylation is 2. The highest BCUT2D eigenvalue weighted by Crippen LogP contribution is 2.20. The van der Waals surface area contributed by atoms with Gasteiger partial charge in [-0.2, -0.15) is 0 Å². The Bertz CT molecular complexity index is 917. The molecule has 2 aromatic heterocycles. The molecular formula is C17H26N6O3. The van der Waals surface area contributed by atoms with Gasteiger partial charge in [-0.05, 0) is 38.8 Å². The third-order valence-corrected chi connectivity index (χ3v) is 5.26. The van der Waals surface area contributed by atoms with Crippen molar-refractivity contribution in [2.45, 2.75) is 25.8 Å². The Morgan fingerprint density at radius 1 is 1.27 bits per heavy atom. The molecule has 0 spiro atoms. The molecule has 1 saturated heterocycles. The molecule has 0 atom stereocenters. The standard InChI is InChI=1S/C17H26N6O3/c1-18-7-4-12-5-8-22(9-6-12)13(24)10-23-16(25)14-15(19-11-20(14)2)21(3)17(23)26/h11-12,18H,4-10H2,1-3H3. The van der Waals surface area contributed by atoms with Crippen LogP contribution in [-0.4, -0.2) is 56.2 Å². The Balaban J connectivity index is 1.77. The van der Waals surface area contributed by atoms with Gasteiger partial charge in [0, 0.05) is 27.2 Å². The number of hydrogen-bond acceptors (Lipinski definition) is 5. The number of nitrogens with one attached hydrogen (secondary N) is 1. The van der Waals surface area contributed by atoms with Gasteiger partial charge in [0.25, 0.3) is 5.56 Å². The maximum atomic E-state index is 12.7. The lowest BCUT2D eigenvalue weighted by Crippen LogP contribution is -2.46. The molecule has 9 nitrogen and oxygen atoms in total. The molecule has 0 aliphatic carbocycles. The van der Waals surface area contributed by atoms with E-state index in [1.54, 1.807) is 23.6 Å². The summed E-state index contributed by atoms with van der Waals surface area (Å²) < 4.78 is 3.90. The van der Waals surface area contributed by atoms with Crippen LogP contribution in [-0.2, 0) is 25.4 Å². The van der Waals surface area contributed by atoms with Crippen LogP contribution >= 0.6 is 0 Å². The van der Waals surface area contributed by atoms with Crippen molar-refractivity contribution in [3.05, 3.63) is 27.2 Å². The van der Waals surface area contributed by atoms with Crippen molar-refractivity contribution in [1.82, 2.24) is 28.9 Å². The molecule has 1 amide bonds. The summed E-state index contributed by atoms with van der Waals surface area (Å²) in [5.74, 6) is 0.436. The van der Waals surface area contributed by atoms with Gasteiger partial charge in [0.2, 0.25) is 5.91 Å². The van der Waals surface area contributed by atoms with Crippen molar-refractivity contribution in [1.29, 1.82) is 0 Å². The van der Waals surface area contributed by atoms with Gasteiger partial charge in [-0.3, -0.25) is 14.2 Å². The lowest BCUT2D eigenvalue weighted by molar-refractivity contribution is -0.133. The van der Waals surface area contributed by atoms with E-state index in [1.807, 2.05) is 7.05 Å². The van der Waals surface area contributed by atoms with Gasteiger partial charge in [0.1, 0.15) is 6.54 Å². The predicted molar refractivity (Wildman–Crippen MR) is 98.1 cm³/mol. The van der Waals surface area contributed by atoms with Gasteiger partial charge >= 0.3 is 5.69 Å². The largest absolute Gasteiger partial charge is 0.341 e. The SMILES string of the molecule is CNCCC1CCN(C(=O)Cn2c(=O)c3c(ncn3C)n(C)c2=O)CC1. The van der Waals surface area contributed by atoms with Crippen molar-refractivity contribution in [3.63, 3.8) is 0 Å². The number of fused-ring (bicyclic) bond motifs is 1. The van der Waals surface area contributed by atoms with Gasteiger partial charge in [-0.15, -0.1) is 0 Å². The number of imidazole rings is 1. The molecule has 0 unspecified atom stereocenters. The van der Waals surface area contributed by atoms with Crippen LogP contribution in [0.25, 0.3) is 11.2 Å². The van der Waals surface area contributed by atoms with Crippen LogP contribution in [0.2, 0.25) is 0 Å². The van der Waals surface area contributed by atoms with Crippen LogP contribution < -0.4 is 16.6 Å². The zero-order valence-electron chi connectivity index (χ0n) is 15.6. The van der Waals surface area contributed by atoms with Gasteiger partial charge in [0.05, 0.1) is 6.33 Å². The molecule has 3 rings (SSSR count). The normalized spacial score (nSPS) is 15.7. The molecule has 1 N–H and O–H groups in total. The van der Waals surface area contributed by atoms with E-state index in [9.17, 15) is 14.4 Å². The molecule has 0 radical (unpaired) electrons. The van der Waals surface area contributed by atoms with Crippen molar-refractivity contribution in [2.75, 3.05) is 26.7 Å². The first-order chi connectivity index (χ1) is 12.4. The molecule has 0 aromatic carbocycles. The van der Waals surface area contributed by atoms with Crippen LogP contribution in [0.3, 0.4) is 0 Å². The molecule has 26 heavy (non-hydrogen) atoms. The minimum Gasteiger partial charge on any atom is -0.341 e. The zero-order valence-corrected chi connectivity index (χ0v) is 15.6. The van der Waals surface area contributed by atoms with Crippen molar-refractivity contribution in [2.24, 2.45) is 20.0 Å². The molecule has 1 aliphatic heterocycles. The van der Waals surface area contributed by atoms with Gasteiger partial charge in [-0.1, -0.05) is 0 Å². The average molecular weight is 362 g/mol. The third-order valence-electron chi connectivity index (χ3n) is 5.26. The fraction of sp³-hybridized carbons (Fsp3) is 0.647. The summed E-state index contributed by atoms with van der Waals surface area (Å²) in [5, 5.41) is 3.15. The number of rotatable bonds is 5. The van der Waals surface area contributed by atoms with E-state index >= 15 is 0 Å². The second-order valence-electron chi connectivity index (χ2n) is 6.98. The van der Waals surface area contributed by atoms with Crippen LogP contribution in [0.1, 0.15) is 19.3 Å². The molecule has 3 heterocycles. The molecule has 142 valence electrons. The van der Waals surface area contributed by atoms with E-state index in [2.05, 4.69) is 10.3 Å². The summed E-state index contributed by atoms with van der Waals surface area (Å²) in [4.78, 5) is 43.7. The topological polar surface area (TPSA) is 94.2 Å². The quantitative estimate of drug-likeness (QED) is 0.758. The Morgan fingerprint density at radius 3 is 2.62 bits per heavy atom. The van der Waals surface area contributed by atoms with E-state index in [0.29, 0.717) is 30.2 Å². The van der Waals surface area contributed by atoms with Gasteiger partial charge in [-0.25, -0.2) is 14.3 Å². The maximum Gasteiger partial charge on any atom is 0.332 e. The van der Waals surface area contributed by atoms with E-state index < -0.39 is 11.2 Å². The van der Waals surface area contributed by atoms with Crippen LogP contribution in [0.5, 0.6) is 0 Å². The highest BCUT2D eigenvalue weighted by molar-refractivity contribution is 5.77. The highest BCUT2D eigenvalue weighted by atomic mass is 16.2. The monoisotopic (exact) mass is 362 g/mol. The van der Waals surface area contributed by atoms with Crippen LogP contribution in [0.4, 0.5) is 0 Å². The Hall–Kier alpha value is -2.42. The summed E-state index contributed by atoms with van der Waals surface area (Å²) in [6.45, 7) is 2.11. The van der Waals surface area contributed by atoms with E-state index in [-0.39, 0.29) is 12.5 Å². The van der Waals surface area contributed by atoms with E-state index in [4.69, 9.17) is 0 Å². The van der Waals surface area contributed by atoms with Gasteiger partial charge in [0.15, 0.2) is 11.2 Å². The Morgan fingerprint density at radius 2 is 1.96 bits per heavy atom. The summed E-state index contributed by atoms with van der Waals surface area (Å²) in [5.41, 5.74) is -0.332. The third kappa shape index (κ3) is 3.31.